The Morgan fingerprint density at radius 3 is 2.39 bits per heavy atom. The molecule has 2 aromatic carbocycles. The lowest BCUT2D eigenvalue weighted by molar-refractivity contribution is 0.0470. The van der Waals surface area contributed by atoms with E-state index in [4.69, 9.17) is 14.2 Å². The third-order valence-corrected chi connectivity index (χ3v) is 7.93. The molecule has 41 heavy (non-hydrogen) atoms. The smallest absolute Gasteiger partial charge is 0.407 e. The van der Waals surface area contributed by atoms with Crippen molar-refractivity contribution >= 4 is 39.2 Å². The Bertz CT molecular complexity index is 1490. The minimum Gasteiger partial charge on any atom is -0.490 e. The molecule has 1 fully saturated rings. The van der Waals surface area contributed by atoms with Gasteiger partial charge in [0.25, 0.3) is 5.91 Å². The van der Waals surface area contributed by atoms with E-state index in [1.807, 2.05) is 98.4 Å². The van der Waals surface area contributed by atoms with Gasteiger partial charge in [0.2, 0.25) is 0 Å². The van der Waals surface area contributed by atoms with Gasteiger partial charge in [0.1, 0.15) is 29.4 Å². The Balaban J connectivity index is 1.10. The first-order valence-electron chi connectivity index (χ1n) is 14.0. The average Bonchev–Trinajstić information content (AvgIpc) is 3.52. The molecular weight excluding hydrogens is 538 g/mol. The third kappa shape index (κ3) is 7.41. The Morgan fingerprint density at radius 2 is 1.68 bits per heavy atom. The highest BCUT2D eigenvalue weighted by Crippen LogP contribution is 2.28. The van der Waals surface area contributed by atoms with Crippen molar-refractivity contribution in [3.63, 3.8) is 0 Å². The fourth-order valence-electron chi connectivity index (χ4n) is 4.99. The van der Waals surface area contributed by atoms with Gasteiger partial charge in [0.05, 0.1) is 16.3 Å². The van der Waals surface area contributed by atoms with Crippen molar-refractivity contribution in [3.8, 4) is 11.5 Å². The second-order valence-corrected chi connectivity index (χ2v) is 12.3. The number of hydrogen-bond donors (Lipinski definition) is 2. The summed E-state index contributed by atoms with van der Waals surface area (Å²) in [4.78, 5) is 25.1. The molecule has 1 aliphatic rings. The lowest BCUT2D eigenvalue weighted by atomic mass is 9.93. The van der Waals surface area contributed by atoms with Gasteiger partial charge in [-0.3, -0.25) is 4.79 Å². The summed E-state index contributed by atoms with van der Waals surface area (Å²) in [5, 5.41) is 8.04. The molecule has 0 spiro atoms. The van der Waals surface area contributed by atoms with Gasteiger partial charge < -0.3 is 29.4 Å². The van der Waals surface area contributed by atoms with Crippen LogP contribution in [-0.2, 0) is 18.4 Å². The van der Waals surface area contributed by atoms with Crippen LogP contribution in [0.1, 0.15) is 62.5 Å². The van der Waals surface area contributed by atoms with E-state index >= 15 is 0 Å². The second kappa shape index (κ2) is 12.3. The van der Waals surface area contributed by atoms with Crippen molar-refractivity contribution in [2.75, 3.05) is 5.32 Å². The first-order chi connectivity index (χ1) is 19.6. The number of thiophene rings is 1. The molecule has 216 valence electrons. The monoisotopic (exact) mass is 575 g/mol. The van der Waals surface area contributed by atoms with Crippen LogP contribution in [0.4, 0.5) is 10.5 Å². The Morgan fingerprint density at radius 1 is 0.976 bits per heavy atom. The summed E-state index contributed by atoms with van der Waals surface area (Å²) in [6.45, 7) is 5.90. The van der Waals surface area contributed by atoms with Crippen LogP contribution in [0.3, 0.4) is 0 Å². The Hall–Kier alpha value is -3.98. The van der Waals surface area contributed by atoms with E-state index in [2.05, 4.69) is 10.6 Å². The number of amides is 2. The molecule has 2 heterocycles. The number of nitrogens with zero attached hydrogens (tertiary/aromatic N) is 1. The maximum Gasteiger partial charge on any atom is 0.407 e. The second-order valence-electron chi connectivity index (χ2n) is 11.4. The topological polar surface area (TPSA) is 90.8 Å². The predicted molar refractivity (Wildman–Crippen MR) is 162 cm³/mol. The number of alkyl carbamates (subject to hydrolysis) is 1. The first kappa shape index (κ1) is 28.5. The average molecular weight is 576 g/mol. The molecule has 0 aliphatic heterocycles. The lowest BCUT2D eigenvalue weighted by Gasteiger charge is -2.30. The van der Waals surface area contributed by atoms with Crippen LogP contribution in [0.15, 0.2) is 66.0 Å². The highest BCUT2D eigenvalue weighted by Gasteiger charge is 2.25. The molecule has 1 saturated carbocycles. The molecular formula is C32H37N3O5S. The van der Waals surface area contributed by atoms with E-state index in [-0.39, 0.29) is 24.1 Å². The Labute approximate surface area is 244 Å². The number of ether oxygens (including phenoxy) is 3. The molecule has 8 nitrogen and oxygen atoms in total. The molecule has 1 aliphatic carbocycles. The molecule has 5 rings (SSSR count). The zero-order valence-corrected chi connectivity index (χ0v) is 24.8. The normalized spacial score (nSPS) is 17.2. The lowest BCUT2D eigenvalue weighted by Crippen LogP contribution is -2.42. The summed E-state index contributed by atoms with van der Waals surface area (Å²) in [5.74, 6) is 1.35. The number of rotatable bonds is 8. The fraction of sp³-hybridized carbons (Fsp3) is 0.375. The Kier molecular flexibility index (Phi) is 8.54. The summed E-state index contributed by atoms with van der Waals surface area (Å²) >= 11 is 1.62. The SMILES string of the molecule is Cn1c(C(=O)Nc2ccccc2COc2ccc(O[C@H]3CC[C@@H](NC(=O)OC(C)(C)C)CC3)cc2)cc2sccc21. The zero-order valence-electron chi connectivity index (χ0n) is 23.9. The number of nitrogens with one attached hydrogen (secondary N) is 2. The van der Waals surface area contributed by atoms with Gasteiger partial charge in [-0.25, -0.2) is 4.79 Å². The number of aromatic nitrogens is 1. The van der Waals surface area contributed by atoms with Gasteiger partial charge in [0.15, 0.2) is 0 Å². The van der Waals surface area contributed by atoms with E-state index in [0.29, 0.717) is 18.1 Å². The highest BCUT2D eigenvalue weighted by atomic mass is 32.1. The van der Waals surface area contributed by atoms with Gasteiger partial charge in [-0.05, 0) is 94.3 Å². The van der Waals surface area contributed by atoms with Crippen molar-refractivity contribution in [1.82, 2.24) is 9.88 Å². The molecule has 2 aromatic heterocycles. The quantitative estimate of drug-likeness (QED) is 0.230. The summed E-state index contributed by atoms with van der Waals surface area (Å²) in [7, 11) is 1.90. The number of benzene rings is 2. The van der Waals surface area contributed by atoms with Crippen molar-refractivity contribution < 1.29 is 23.8 Å². The largest absolute Gasteiger partial charge is 0.490 e. The number of para-hydroxylation sites is 1. The van der Waals surface area contributed by atoms with Crippen LogP contribution in [0.25, 0.3) is 10.2 Å². The number of carbonyl (C=O) groups excluding carboxylic acids is 2. The van der Waals surface area contributed by atoms with Crippen LogP contribution >= 0.6 is 11.3 Å². The van der Waals surface area contributed by atoms with Crippen molar-refractivity contribution in [2.24, 2.45) is 7.05 Å². The zero-order chi connectivity index (χ0) is 29.0. The van der Waals surface area contributed by atoms with E-state index in [0.717, 1.165) is 52.9 Å². The van der Waals surface area contributed by atoms with Gasteiger partial charge in [-0.1, -0.05) is 18.2 Å². The molecule has 0 saturated heterocycles. The molecule has 0 bridgehead atoms. The number of hydrogen-bond acceptors (Lipinski definition) is 6. The number of aryl methyl sites for hydroxylation is 1. The molecule has 0 unspecified atom stereocenters. The third-order valence-electron chi connectivity index (χ3n) is 7.08. The fourth-order valence-corrected chi connectivity index (χ4v) is 5.84. The number of fused-ring (bicyclic) bond motifs is 1. The van der Waals surface area contributed by atoms with Gasteiger partial charge in [-0.2, -0.15) is 0 Å². The van der Waals surface area contributed by atoms with Crippen molar-refractivity contribution in [1.29, 1.82) is 0 Å². The number of carbonyl (C=O) groups is 2. The molecule has 9 heteroatoms. The van der Waals surface area contributed by atoms with Gasteiger partial charge in [-0.15, -0.1) is 11.3 Å². The van der Waals surface area contributed by atoms with E-state index < -0.39 is 5.60 Å². The van der Waals surface area contributed by atoms with Crippen LogP contribution in [0, 0.1) is 0 Å². The molecule has 4 aromatic rings. The van der Waals surface area contributed by atoms with E-state index in [1.54, 1.807) is 11.3 Å². The summed E-state index contributed by atoms with van der Waals surface area (Å²) < 4.78 is 20.6. The van der Waals surface area contributed by atoms with E-state index in [1.165, 1.54) is 0 Å². The van der Waals surface area contributed by atoms with Crippen LogP contribution in [0.2, 0.25) is 0 Å². The van der Waals surface area contributed by atoms with Crippen LogP contribution in [0.5, 0.6) is 11.5 Å². The highest BCUT2D eigenvalue weighted by molar-refractivity contribution is 7.17. The summed E-state index contributed by atoms with van der Waals surface area (Å²) in [6.07, 6.45) is 3.17. The molecule has 0 radical (unpaired) electrons. The maximum absolute atomic E-state index is 13.0. The molecule has 2 N–H and O–H groups in total. The molecule has 0 atom stereocenters. The standard InChI is InChI=1S/C32H37N3O5S/c1-32(2,3)40-31(37)33-22-9-11-24(12-10-22)39-25-15-13-23(14-16-25)38-20-21-7-5-6-8-26(21)34-30(36)28-19-29-27(35(28)4)17-18-41-29/h5-8,13-19,22,24H,9-12,20H2,1-4H3,(H,33,37)(H,34,36)/t22-,24+. The van der Waals surface area contributed by atoms with Gasteiger partial charge >= 0.3 is 6.09 Å². The predicted octanol–water partition coefficient (Wildman–Crippen LogP) is 7.29. The van der Waals surface area contributed by atoms with Crippen LogP contribution in [-0.4, -0.2) is 34.3 Å². The van der Waals surface area contributed by atoms with E-state index in [9.17, 15) is 9.59 Å². The molecule has 2 amide bonds. The van der Waals surface area contributed by atoms with Crippen molar-refractivity contribution in [2.45, 2.75) is 70.8 Å². The minimum atomic E-state index is -0.501. The first-order valence-corrected chi connectivity index (χ1v) is 14.8. The number of anilines is 1. The van der Waals surface area contributed by atoms with Crippen molar-refractivity contribution in [3.05, 3.63) is 77.3 Å². The summed E-state index contributed by atoms with van der Waals surface area (Å²) in [6, 6.07) is 19.3. The maximum atomic E-state index is 13.0. The minimum absolute atomic E-state index is 0.106. The van der Waals surface area contributed by atoms with Crippen LogP contribution < -0.4 is 20.1 Å². The van der Waals surface area contributed by atoms with Gasteiger partial charge in [0, 0.05) is 24.3 Å². The summed E-state index contributed by atoms with van der Waals surface area (Å²) in [5.41, 5.74) is 2.77.